The van der Waals surface area contributed by atoms with Crippen LogP contribution in [0.25, 0.3) is 0 Å². The number of nitrogens with one attached hydrogen (secondary N) is 1. The molecule has 0 saturated carbocycles. The van der Waals surface area contributed by atoms with E-state index in [1.54, 1.807) is 13.3 Å². The van der Waals surface area contributed by atoms with E-state index in [1.165, 1.54) is 12.8 Å². The largest absolute Gasteiger partial charge is 0.496 e. The maximum Gasteiger partial charge on any atom is 0.244 e. The average molecular weight is 313 g/mol. The number of methoxy groups -OCH3 is 1. The van der Waals surface area contributed by atoms with Crippen molar-refractivity contribution in [3.8, 4) is 5.75 Å². The Balaban J connectivity index is 1.66. The summed E-state index contributed by atoms with van der Waals surface area (Å²) in [6, 6.07) is 7.92. The van der Waals surface area contributed by atoms with Gasteiger partial charge in [-0.25, -0.2) is 0 Å². The van der Waals surface area contributed by atoms with Crippen LogP contribution in [-0.2, 0) is 6.54 Å². The minimum absolute atomic E-state index is 0.548. The first-order valence-electron chi connectivity index (χ1n) is 8.06. The van der Waals surface area contributed by atoms with Crippen molar-refractivity contribution < 1.29 is 4.74 Å². The lowest BCUT2D eigenvalue weighted by Gasteiger charge is -2.30. The molecule has 1 N–H and O–H groups in total. The Labute approximate surface area is 136 Å². The fourth-order valence-electron chi connectivity index (χ4n) is 2.78. The van der Waals surface area contributed by atoms with Gasteiger partial charge < -0.3 is 15.0 Å². The van der Waals surface area contributed by atoms with Crippen molar-refractivity contribution in [2.45, 2.75) is 26.3 Å². The summed E-state index contributed by atoms with van der Waals surface area (Å²) in [4.78, 5) is 6.87. The van der Waals surface area contributed by atoms with Crippen LogP contribution in [0.2, 0.25) is 0 Å². The van der Waals surface area contributed by atoms with Crippen molar-refractivity contribution >= 4 is 11.8 Å². The standard InChI is InChI=1S/C17H23N5O/c1-13-7-9-22(10-8-13)16-12-19-21-17(20-16)18-11-14-5-3-4-6-15(14)23-2/h3-6,12-13H,7-11H2,1-2H3,(H,18,20,21). The molecule has 0 bridgehead atoms. The van der Waals surface area contributed by atoms with Gasteiger partial charge >= 0.3 is 0 Å². The molecule has 0 spiro atoms. The minimum atomic E-state index is 0.548. The Bertz CT molecular complexity index is 640. The fraction of sp³-hybridized carbons (Fsp3) is 0.471. The molecule has 1 fully saturated rings. The number of para-hydroxylation sites is 1. The molecule has 23 heavy (non-hydrogen) atoms. The van der Waals surface area contributed by atoms with Crippen LogP contribution >= 0.6 is 0 Å². The van der Waals surface area contributed by atoms with Crippen molar-refractivity contribution in [2.24, 2.45) is 5.92 Å². The van der Waals surface area contributed by atoms with E-state index in [-0.39, 0.29) is 0 Å². The highest BCUT2D eigenvalue weighted by Crippen LogP contribution is 2.22. The lowest BCUT2D eigenvalue weighted by atomic mass is 9.99. The molecule has 3 rings (SSSR count). The van der Waals surface area contributed by atoms with Gasteiger partial charge in [0.05, 0.1) is 13.3 Å². The zero-order chi connectivity index (χ0) is 16.1. The van der Waals surface area contributed by atoms with Gasteiger partial charge in [0, 0.05) is 25.2 Å². The summed E-state index contributed by atoms with van der Waals surface area (Å²) >= 11 is 0. The molecule has 1 aliphatic rings. The number of benzene rings is 1. The number of ether oxygens (including phenoxy) is 1. The summed E-state index contributed by atoms with van der Waals surface area (Å²) in [7, 11) is 1.68. The summed E-state index contributed by atoms with van der Waals surface area (Å²) in [5.41, 5.74) is 1.07. The molecule has 122 valence electrons. The smallest absolute Gasteiger partial charge is 0.244 e. The van der Waals surface area contributed by atoms with Crippen LogP contribution in [0, 0.1) is 5.92 Å². The Kier molecular flexibility index (Phi) is 4.90. The molecule has 0 amide bonds. The monoisotopic (exact) mass is 313 g/mol. The molecule has 1 aromatic heterocycles. The summed E-state index contributed by atoms with van der Waals surface area (Å²) in [5.74, 6) is 3.10. The zero-order valence-electron chi connectivity index (χ0n) is 13.7. The maximum atomic E-state index is 5.36. The van der Waals surface area contributed by atoms with E-state index >= 15 is 0 Å². The molecule has 0 radical (unpaired) electrons. The van der Waals surface area contributed by atoms with Gasteiger partial charge in [-0.3, -0.25) is 0 Å². The third-order valence-corrected chi connectivity index (χ3v) is 4.28. The number of anilines is 2. The van der Waals surface area contributed by atoms with E-state index < -0.39 is 0 Å². The lowest BCUT2D eigenvalue weighted by molar-refractivity contribution is 0.410. The highest BCUT2D eigenvalue weighted by Gasteiger charge is 2.17. The van der Waals surface area contributed by atoms with Gasteiger partial charge in [-0.2, -0.15) is 10.1 Å². The van der Waals surface area contributed by atoms with Crippen molar-refractivity contribution in [3.05, 3.63) is 36.0 Å². The zero-order valence-corrected chi connectivity index (χ0v) is 13.7. The Hall–Kier alpha value is -2.37. The van der Waals surface area contributed by atoms with E-state index in [4.69, 9.17) is 4.74 Å². The second kappa shape index (κ2) is 7.26. The number of hydrogen-bond donors (Lipinski definition) is 1. The van der Waals surface area contributed by atoms with Crippen molar-refractivity contribution in [1.29, 1.82) is 0 Å². The fourth-order valence-corrected chi connectivity index (χ4v) is 2.78. The Morgan fingerprint density at radius 3 is 2.83 bits per heavy atom. The maximum absolute atomic E-state index is 5.36. The van der Waals surface area contributed by atoms with Crippen molar-refractivity contribution in [2.75, 3.05) is 30.4 Å². The summed E-state index contributed by atoms with van der Waals surface area (Å²) < 4.78 is 5.36. The van der Waals surface area contributed by atoms with E-state index in [1.807, 2.05) is 24.3 Å². The van der Waals surface area contributed by atoms with Crippen LogP contribution in [0.4, 0.5) is 11.8 Å². The van der Waals surface area contributed by atoms with E-state index in [2.05, 4.69) is 32.3 Å². The van der Waals surface area contributed by atoms with Crippen molar-refractivity contribution in [3.63, 3.8) is 0 Å². The Morgan fingerprint density at radius 2 is 2.04 bits per heavy atom. The summed E-state index contributed by atoms with van der Waals surface area (Å²) in [6.45, 7) is 4.97. The van der Waals surface area contributed by atoms with Gasteiger partial charge in [0.15, 0.2) is 5.82 Å². The van der Waals surface area contributed by atoms with Gasteiger partial charge in [-0.05, 0) is 24.8 Å². The SMILES string of the molecule is COc1ccccc1CNc1nncc(N2CCC(C)CC2)n1. The van der Waals surface area contributed by atoms with Crippen LogP contribution in [0.3, 0.4) is 0 Å². The van der Waals surface area contributed by atoms with Gasteiger partial charge in [0.1, 0.15) is 5.75 Å². The van der Waals surface area contributed by atoms with Crippen molar-refractivity contribution in [1.82, 2.24) is 15.2 Å². The molecule has 2 aromatic rings. The van der Waals surface area contributed by atoms with Crippen LogP contribution in [0.5, 0.6) is 5.75 Å². The van der Waals surface area contributed by atoms with Crippen LogP contribution in [0.1, 0.15) is 25.3 Å². The quantitative estimate of drug-likeness (QED) is 0.916. The lowest BCUT2D eigenvalue weighted by Crippen LogP contribution is -2.33. The van der Waals surface area contributed by atoms with Gasteiger partial charge in [-0.15, -0.1) is 5.10 Å². The van der Waals surface area contributed by atoms with E-state index in [0.717, 1.165) is 36.1 Å². The molecular formula is C17H23N5O. The molecule has 2 heterocycles. The molecule has 1 aliphatic heterocycles. The molecular weight excluding hydrogens is 290 g/mol. The predicted octanol–water partition coefficient (Wildman–Crippen LogP) is 2.73. The van der Waals surface area contributed by atoms with E-state index in [9.17, 15) is 0 Å². The molecule has 1 saturated heterocycles. The first-order chi connectivity index (χ1) is 11.3. The highest BCUT2D eigenvalue weighted by atomic mass is 16.5. The molecule has 6 heteroatoms. The number of aromatic nitrogens is 3. The molecule has 0 atom stereocenters. The first kappa shape index (κ1) is 15.5. The third-order valence-electron chi connectivity index (χ3n) is 4.28. The summed E-state index contributed by atoms with van der Waals surface area (Å²) in [6.07, 6.45) is 4.15. The first-order valence-corrected chi connectivity index (χ1v) is 8.06. The topological polar surface area (TPSA) is 63.2 Å². The minimum Gasteiger partial charge on any atom is -0.496 e. The molecule has 6 nitrogen and oxygen atoms in total. The average Bonchev–Trinajstić information content (AvgIpc) is 2.61. The predicted molar refractivity (Wildman–Crippen MR) is 90.8 cm³/mol. The van der Waals surface area contributed by atoms with Crippen LogP contribution in [-0.4, -0.2) is 35.4 Å². The van der Waals surface area contributed by atoms with Crippen LogP contribution in [0.15, 0.2) is 30.5 Å². The van der Waals surface area contributed by atoms with Crippen LogP contribution < -0.4 is 15.0 Å². The number of piperidine rings is 1. The molecule has 0 unspecified atom stereocenters. The number of nitrogens with zero attached hydrogens (tertiary/aromatic N) is 4. The van der Waals surface area contributed by atoms with Gasteiger partial charge in [-0.1, -0.05) is 25.1 Å². The third kappa shape index (κ3) is 3.88. The molecule has 1 aromatic carbocycles. The van der Waals surface area contributed by atoms with Gasteiger partial charge in [0.25, 0.3) is 0 Å². The second-order valence-electron chi connectivity index (χ2n) is 5.97. The summed E-state index contributed by atoms with van der Waals surface area (Å²) in [5, 5.41) is 11.4. The number of rotatable bonds is 5. The molecule has 0 aliphatic carbocycles. The normalized spacial score (nSPS) is 15.5. The van der Waals surface area contributed by atoms with Gasteiger partial charge in [0.2, 0.25) is 5.95 Å². The Morgan fingerprint density at radius 1 is 1.26 bits per heavy atom. The second-order valence-corrected chi connectivity index (χ2v) is 5.97. The highest BCUT2D eigenvalue weighted by molar-refractivity contribution is 5.42. The number of hydrogen-bond acceptors (Lipinski definition) is 6. The van der Waals surface area contributed by atoms with E-state index in [0.29, 0.717) is 12.5 Å².